The molecule has 2 aromatic heterocycles. The van der Waals surface area contributed by atoms with E-state index in [0.717, 1.165) is 5.69 Å². The molecule has 3 rings (SSSR count). The Morgan fingerprint density at radius 3 is 3.12 bits per heavy atom. The van der Waals surface area contributed by atoms with Crippen molar-refractivity contribution in [3.63, 3.8) is 0 Å². The first-order valence-corrected chi connectivity index (χ1v) is 6.13. The largest absolute Gasteiger partial charge is 0.378 e. The summed E-state index contributed by atoms with van der Waals surface area (Å²) in [4.78, 5) is 1.46. The molecule has 0 amide bonds. The molecular formula is C11H11N5S. The van der Waals surface area contributed by atoms with Gasteiger partial charge in [-0.1, -0.05) is 0 Å². The molecule has 0 atom stereocenters. The van der Waals surface area contributed by atoms with Crippen molar-refractivity contribution in [1.29, 1.82) is 0 Å². The quantitative estimate of drug-likeness (QED) is 0.767. The van der Waals surface area contributed by atoms with Gasteiger partial charge in [-0.3, -0.25) is 0 Å². The lowest BCUT2D eigenvalue weighted by Crippen LogP contribution is -2.01. The van der Waals surface area contributed by atoms with Gasteiger partial charge >= 0.3 is 0 Å². The van der Waals surface area contributed by atoms with Crippen LogP contribution in [0.15, 0.2) is 29.6 Å². The van der Waals surface area contributed by atoms with Crippen LogP contribution in [0.5, 0.6) is 0 Å². The van der Waals surface area contributed by atoms with Gasteiger partial charge in [0, 0.05) is 10.4 Å². The number of hydrogen-bond donors (Lipinski definition) is 1. The first kappa shape index (κ1) is 10.2. The van der Waals surface area contributed by atoms with Gasteiger partial charge in [-0.2, -0.15) is 4.80 Å². The second-order valence-corrected chi connectivity index (χ2v) is 4.67. The van der Waals surface area contributed by atoms with Gasteiger partial charge in [0.25, 0.3) is 0 Å². The summed E-state index contributed by atoms with van der Waals surface area (Å²) < 4.78 is 1.30. The maximum Gasteiger partial charge on any atom is 0.193 e. The summed E-state index contributed by atoms with van der Waals surface area (Å²) in [5.74, 6) is 0.693. The molecule has 0 unspecified atom stereocenters. The molecule has 3 aromatic rings. The summed E-state index contributed by atoms with van der Waals surface area (Å²) in [6, 6.07) is 8.43. The lowest BCUT2D eigenvalue weighted by atomic mass is 10.2. The van der Waals surface area contributed by atoms with Gasteiger partial charge < -0.3 is 5.32 Å². The zero-order valence-electron chi connectivity index (χ0n) is 9.29. The van der Waals surface area contributed by atoms with Crippen LogP contribution in [0, 0.1) is 0 Å². The van der Waals surface area contributed by atoms with Gasteiger partial charge in [-0.05, 0) is 40.2 Å². The molecule has 0 fully saturated rings. The Morgan fingerprint density at radius 2 is 2.29 bits per heavy atom. The number of rotatable bonds is 3. The summed E-state index contributed by atoms with van der Waals surface area (Å²) >= 11 is 1.75. The topological polar surface area (TPSA) is 55.6 Å². The molecule has 0 saturated heterocycles. The van der Waals surface area contributed by atoms with E-state index in [-0.39, 0.29) is 0 Å². The van der Waals surface area contributed by atoms with Crippen LogP contribution in [0.4, 0.5) is 5.69 Å². The number of nitrogens with one attached hydrogen (secondary N) is 1. The molecule has 86 valence electrons. The highest BCUT2D eigenvalue weighted by atomic mass is 32.1. The second-order valence-electron chi connectivity index (χ2n) is 3.72. The number of hydrogen-bond acceptors (Lipinski definition) is 5. The van der Waals surface area contributed by atoms with Crippen molar-refractivity contribution < 1.29 is 0 Å². The number of fused-ring (bicyclic) bond motifs is 1. The normalized spacial score (nSPS) is 10.9. The molecule has 2 heterocycles. The van der Waals surface area contributed by atoms with Crippen molar-refractivity contribution in [3.05, 3.63) is 35.5 Å². The van der Waals surface area contributed by atoms with Gasteiger partial charge in [0.15, 0.2) is 5.82 Å². The molecule has 0 aliphatic carbocycles. The SMILES string of the molecule is Cn1nnc(CNc2ccc3sccc3c2)n1. The highest BCUT2D eigenvalue weighted by molar-refractivity contribution is 7.17. The van der Waals surface area contributed by atoms with Crippen molar-refractivity contribution in [2.75, 3.05) is 5.32 Å². The zero-order valence-corrected chi connectivity index (χ0v) is 10.1. The van der Waals surface area contributed by atoms with Crippen LogP contribution in [0.3, 0.4) is 0 Å². The van der Waals surface area contributed by atoms with E-state index in [1.54, 1.807) is 18.4 Å². The van der Waals surface area contributed by atoms with E-state index in [2.05, 4.69) is 50.4 Å². The van der Waals surface area contributed by atoms with Crippen LogP contribution >= 0.6 is 11.3 Å². The average Bonchev–Trinajstić information content (AvgIpc) is 2.94. The third-order valence-corrected chi connectivity index (χ3v) is 3.35. The van der Waals surface area contributed by atoms with Crippen molar-refractivity contribution in [1.82, 2.24) is 20.2 Å². The van der Waals surface area contributed by atoms with E-state index in [1.165, 1.54) is 14.9 Å². The molecular weight excluding hydrogens is 234 g/mol. The minimum Gasteiger partial charge on any atom is -0.378 e. The highest BCUT2D eigenvalue weighted by Gasteiger charge is 2.01. The Bertz CT molecular complexity index is 642. The van der Waals surface area contributed by atoms with E-state index in [9.17, 15) is 0 Å². The molecule has 6 heteroatoms. The van der Waals surface area contributed by atoms with Gasteiger partial charge in [-0.15, -0.1) is 21.5 Å². The lowest BCUT2D eigenvalue weighted by molar-refractivity contribution is 0.628. The minimum atomic E-state index is 0.587. The summed E-state index contributed by atoms with van der Waals surface area (Å²) in [6.45, 7) is 0.587. The summed E-state index contributed by atoms with van der Waals surface area (Å²) in [6.07, 6.45) is 0. The van der Waals surface area contributed by atoms with Crippen LogP contribution in [0.25, 0.3) is 10.1 Å². The zero-order chi connectivity index (χ0) is 11.7. The minimum absolute atomic E-state index is 0.587. The molecule has 0 bridgehead atoms. The van der Waals surface area contributed by atoms with Gasteiger partial charge in [0.05, 0.1) is 13.6 Å². The molecule has 17 heavy (non-hydrogen) atoms. The smallest absolute Gasteiger partial charge is 0.193 e. The highest BCUT2D eigenvalue weighted by Crippen LogP contribution is 2.23. The van der Waals surface area contributed by atoms with Gasteiger partial charge in [0.2, 0.25) is 0 Å². The second kappa shape index (κ2) is 4.14. The number of tetrazole rings is 1. The van der Waals surface area contributed by atoms with Crippen LogP contribution in [0.2, 0.25) is 0 Å². The van der Waals surface area contributed by atoms with Crippen LogP contribution in [-0.2, 0) is 13.6 Å². The fourth-order valence-electron chi connectivity index (χ4n) is 1.65. The van der Waals surface area contributed by atoms with E-state index in [4.69, 9.17) is 0 Å². The number of thiophene rings is 1. The van der Waals surface area contributed by atoms with Crippen molar-refractivity contribution in [3.8, 4) is 0 Å². The monoisotopic (exact) mass is 245 g/mol. The average molecular weight is 245 g/mol. The number of anilines is 1. The van der Waals surface area contributed by atoms with E-state index in [1.807, 2.05) is 0 Å². The fourth-order valence-corrected chi connectivity index (χ4v) is 2.42. The third kappa shape index (κ3) is 2.12. The Kier molecular flexibility index (Phi) is 2.49. The van der Waals surface area contributed by atoms with Crippen molar-refractivity contribution >= 4 is 27.1 Å². The van der Waals surface area contributed by atoms with Crippen molar-refractivity contribution in [2.24, 2.45) is 7.05 Å². The van der Waals surface area contributed by atoms with E-state index in [0.29, 0.717) is 12.4 Å². The maximum atomic E-state index is 4.11. The third-order valence-electron chi connectivity index (χ3n) is 2.45. The predicted molar refractivity (Wildman–Crippen MR) is 67.9 cm³/mol. The molecule has 1 aromatic carbocycles. The van der Waals surface area contributed by atoms with Gasteiger partial charge in [-0.25, -0.2) is 0 Å². The molecule has 1 N–H and O–H groups in total. The number of aromatic nitrogens is 4. The fraction of sp³-hybridized carbons (Fsp3) is 0.182. The van der Waals surface area contributed by atoms with Crippen LogP contribution in [0.1, 0.15) is 5.82 Å². The van der Waals surface area contributed by atoms with Gasteiger partial charge in [0.1, 0.15) is 0 Å². The predicted octanol–water partition coefficient (Wildman–Crippen LogP) is 2.04. The molecule has 0 radical (unpaired) electrons. The lowest BCUT2D eigenvalue weighted by Gasteiger charge is -2.03. The van der Waals surface area contributed by atoms with E-state index >= 15 is 0 Å². The summed E-state index contributed by atoms with van der Waals surface area (Å²) in [5.41, 5.74) is 1.07. The Balaban J connectivity index is 1.76. The Hall–Kier alpha value is -1.95. The molecule has 0 saturated carbocycles. The number of nitrogens with zero attached hydrogens (tertiary/aromatic N) is 4. The molecule has 0 aliphatic heterocycles. The Labute approximate surface area is 102 Å². The molecule has 0 spiro atoms. The summed E-state index contributed by atoms with van der Waals surface area (Å²) in [5, 5.41) is 18.5. The number of aryl methyl sites for hydroxylation is 1. The summed E-state index contributed by atoms with van der Waals surface area (Å²) in [7, 11) is 1.76. The number of benzene rings is 1. The maximum absolute atomic E-state index is 4.11. The van der Waals surface area contributed by atoms with E-state index < -0.39 is 0 Å². The molecule has 5 nitrogen and oxygen atoms in total. The standard InChI is InChI=1S/C11H11N5S/c1-16-14-11(13-15-16)7-12-9-2-3-10-8(6-9)4-5-17-10/h2-6,12H,7H2,1H3. The first-order valence-electron chi connectivity index (χ1n) is 5.25. The van der Waals surface area contributed by atoms with Crippen LogP contribution in [-0.4, -0.2) is 20.2 Å². The molecule has 0 aliphatic rings. The Morgan fingerprint density at radius 1 is 1.35 bits per heavy atom. The van der Waals surface area contributed by atoms with Crippen molar-refractivity contribution in [2.45, 2.75) is 6.54 Å². The van der Waals surface area contributed by atoms with Crippen LogP contribution < -0.4 is 5.32 Å². The first-order chi connectivity index (χ1) is 8.31.